The zero-order valence-electron chi connectivity index (χ0n) is 8.89. The largest absolute Gasteiger partial charge is 0.370 e. The van der Waals surface area contributed by atoms with Crippen LogP contribution in [0.25, 0.3) is 0 Å². The second-order valence-corrected chi connectivity index (χ2v) is 4.05. The molecule has 0 aliphatic carbocycles. The van der Waals surface area contributed by atoms with Crippen LogP contribution in [0.1, 0.15) is 34.1 Å². The Labute approximate surface area is 80.7 Å². The van der Waals surface area contributed by atoms with Gasteiger partial charge in [-0.25, -0.2) is 0 Å². The van der Waals surface area contributed by atoms with E-state index in [2.05, 4.69) is 5.92 Å². The molecule has 0 aromatic heterocycles. The molecular formula is C11H18O2. The van der Waals surface area contributed by atoms with E-state index in [1.165, 1.54) is 0 Å². The lowest BCUT2D eigenvalue weighted by molar-refractivity contribution is -0.136. The number of Topliss-reactive ketones (excluding diaryl/α,β-unsaturated/α-hetero) is 1. The van der Waals surface area contributed by atoms with Crippen LogP contribution in [0.2, 0.25) is 0 Å². The molecule has 13 heavy (non-hydrogen) atoms. The number of rotatable bonds is 4. The van der Waals surface area contributed by atoms with Crippen molar-refractivity contribution in [2.75, 3.05) is 6.61 Å². The van der Waals surface area contributed by atoms with Gasteiger partial charge in [-0.05, 0) is 12.3 Å². The average molecular weight is 182 g/mol. The Morgan fingerprint density at radius 2 is 2.08 bits per heavy atom. The highest BCUT2D eigenvalue weighted by molar-refractivity contribution is 5.85. The number of hydrogen-bond acceptors (Lipinski definition) is 2. The van der Waals surface area contributed by atoms with Crippen molar-refractivity contribution in [1.82, 2.24) is 0 Å². The van der Waals surface area contributed by atoms with Gasteiger partial charge in [-0.2, -0.15) is 0 Å². The smallest absolute Gasteiger partial charge is 0.173 e. The maximum Gasteiger partial charge on any atom is 0.173 e. The van der Waals surface area contributed by atoms with Crippen molar-refractivity contribution < 1.29 is 9.53 Å². The van der Waals surface area contributed by atoms with E-state index in [1.807, 2.05) is 27.7 Å². The van der Waals surface area contributed by atoms with Crippen LogP contribution in [0.4, 0.5) is 0 Å². The molecule has 0 rings (SSSR count). The predicted molar refractivity (Wildman–Crippen MR) is 53.3 cm³/mol. The molecule has 0 N–H and O–H groups in total. The first kappa shape index (κ1) is 12.2. The first-order valence-electron chi connectivity index (χ1n) is 4.51. The average Bonchev–Trinajstić information content (AvgIpc) is 1.98. The van der Waals surface area contributed by atoms with Crippen LogP contribution in [0, 0.1) is 17.8 Å². The Bertz CT molecular complexity index is 205. The fourth-order valence-electron chi connectivity index (χ4n) is 1.19. The number of carbonyl (C=O) groups is 1. The van der Waals surface area contributed by atoms with Gasteiger partial charge >= 0.3 is 0 Å². The van der Waals surface area contributed by atoms with Crippen LogP contribution in [0.5, 0.6) is 0 Å². The Morgan fingerprint density at radius 3 is 2.38 bits per heavy atom. The monoisotopic (exact) mass is 182 g/mol. The molecule has 0 amide bonds. The van der Waals surface area contributed by atoms with Gasteiger partial charge in [0.2, 0.25) is 0 Å². The molecular weight excluding hydrogens is 164 g/mol. The van der Waals surface area contributed by atoms with E-state index in [0.717, 1.165) is 0 Å². The van der Waals surface area contributed by atoms with Gasteiger partial charge in [0.1, 0.15) is 6.10 Å². The highest BCUT2D eigenvalue weighted by atomic mass is 16.5. The molecule has 2 heteroatoms. The molecule has 0 radical (unpaired) electrons. The molecule has 1 atom stereocenters. The van der Waals surface area contributed by atoms with Gasteiger partial charge in [0.15, 0.2) is 5.78 Å². The van der Waals surface area contributed by atoms with Crippen molar-refractivity contribution >= 4 is 5.78 Å². The first-order chi connectivity index (χ1) is 5.93. The van der Waals surface area contributed by atoms with Crippen LogP contribution in [-0.2, 0) is 9.53 Å². The summed E-state index contributed by atoms with van der Waals surface area (Å²) in [5.41, 5.74) is -0.177. The van der Waals surface area contributed by atoms with Gasteiger partial charge in [-0.1, -0.05) is 26.7 Å². The first-order valence-corrected chi connectivity index (χ1v) is 4.51. The van der Waals surface area contributed by atoms with Gasteiger partial charge in [0.25, 0.3) is 0 Å². The van der Waals surface area contributed by atoms with Gasteiger partial charge < -0.3 is 4.74 Å². The Hall–Kier alpha value is -0.810. The van der Waals surface area contributed by atoms with Crippen molar-refractivity contribution in [2.24, 2.45) is 5.41 Å². The van der Waals surface area contributed by atoms with Crippen LogP contribution in [-0.4, -0.2) is 18.5 Å². The minimum Gasteiger partial charge on any atom is -0.370 e. The van der Waals surface area contributed by atoms with Gasteiger partial charge in [0.05, 0.1) is 6.42 Å². The second-order valence-electron chi connectivity index (χ2n) is 4.05. The van der Waals surface area contributed by atoms with E-state index in [-0.39, 0.29) is 23.7 Å². The fourth-order valence-corrected chi connectivity index (χ4v) is 1.19. The lowest BCUT2D eigenvalue weighted by Crippen LogP contribution is -2.36. The summed E-state index contributed by atoms with van der Waals surface area (Å²) < 4.78 is 5.38. The number of terminal acetylenes is 1. The Balaban J connectivity index is 4.44. The number of ketones is 1. The summed E-state index contributed by atoms with van der Waals surface area (Å²) >= 11 is 0. The van der Waals surface area contributed by atoms with E-state index >= 15 is 0 Å². The zero-order valence-corrected chi connectivity index (χ0v) is 8.89. The molecule has 0 aliphatic heterocycles. The molecule has 0 bridgehead atoms. The Morgan fingerprint density at radius 1 is 1.54 bits per heavy atom. The molecule has 2 nitrogen and oxygen atoms in total. The topological polar surface area (TPSA) is 26.3 Å². The van der Waals surface area contributed by atoms with Crippen molar-refractivity contribution in [1.29, 1.82) is 0 Å². The molecule has 74 valence electrons. The molecule has 0 spiro atoms. The number of hydrogen-bond donors (Lipinski definition) is 0. The standard InChI is InChI=1S/C11H18O2/c1-6-8-9(12)10(13-7-2)11(3,4)5/h1,10H,7-8H2,2-5H3. The summed E-state index contributed by atoms with van der Waals surface area (Å²) in [6.07, 6.45) is 4.85. The second kappa shape index (κ2) is 5.04. The summed E-state index contributed by atoms with van der Waals surface area (Å²) in [6, 6.07) is 0. The molecule has 0 aliphatic rings. The SMILES string of the molecule is C#CCC(=O)C(OCC)C(C)(C)C. The quantitative estimate of drug-likeness (QED) is 0.622. The lowest BCUT2D eigenvalue weighted by atomic mass is 9.85. The van der Waals surface area contributed by atoms with Crippen LogP contribution >= 0.6 is 0 Å². The number of ether oxygens (including phenoxy) is 1. The van der Waals surface area contributed by atoms with Gasteiger partial charge in [-0.3, -0.25) is 4.79 Å². The normalized spacial score (nSPS) is 13.5. The molecule has 0 fully saturated rings. The molecule has 1 unspecified atom stereocenters. The van der Waals surface area contributed by atoms with Crippen molar-refractivity contribution in [2.45, 2.75) is 40.2 Å². The van der Waals surface area contributed by atoms with E-state index in [0.29, 0.717) is 6.61 Å². The van der Waals surface area contributed by atoms with Crippen molar-refractivity contribution in [3.8, 4) is 12.3 Å². The predicted octanol–water partition coefficient (Wildman–Crippen LogP) is 2.03. The van der Waals surface area contributed by atoms with Crippen LogP contribution < -0.4 is 0 Å². The van der Waals surface area contributed by atoms with E-state index in [1.54, 1.807) is 0 Å². The maximum atomic E-state index is 11.5. The highest BCUT2D eigenvalue weighted by Gasteiger charge is 2.30. The fraction of sp³-hybridized carbons (Fsp3) is 0.727. The highest BCUT2D eigenvalue weighted by Crippen LogP contribution is 2.23. The van der Waals surface area contributed by atoms with Crippen molar-refractivity contribution in [3.05, 3.63) is 0 Å². The summed E-state index contributed by atoms with van der Waals surface area (Å²) in [5, 5.41) is 0. The molecule has 0 saturated heterocycles. The van der Waals surface area contributed by atoms with E-state index in [4.69, 9.17) is 11.2 Å². The molecule has 0 heterocycles. The summed E-state index contributed by atoms with van der Waals surface area (Å²) in [6.45, 7) is 8.34. The van der Waals surface area contributed by atoms with Gasteiger partial charge in [-0.15, -0.1) is 6.42 Å². The molecule has 0 saturated carbocycles. The minimum atomic E-state index is -0.381. The van der Waals surface area contributed by atoms with Gasteiger partial charge in [0, 0.05) is 6.61 Å². The van der Waals surface area contributed by atoms with Crippen LogP contribution in [0.15, 0.2) is 0 Å². The lowest BCUT2D eigenvalue weighted by Gasteiger charge is -2.28. The maximum absolute atomic E-state index is 11.5. The summed E-state index contributed by atoms with van der Waals surface area (Å²) in [4.78, 5) is 11.5. The van der Waals surface area contributed by atoms with Crippen LogP contribution in [0.3, 0.4) is 0 Å². The van der Waals surface area contributed by atoms with Crippen molar-refractivity contribution in [3.63, 3.8) is 0 Å². The summed E-state index contributed by atoms with van der Waals surface area (Å²) in [7, 11) is 0. The number of carbonyl (C=O) groups excluding carboxylic acids is 1. The van der Waals surface area contributed by atoms with E-state index in [9.17, 15) is 4.79 Å². The minimum absolute atomic E-state index is 0.00292. The summed E-state index contributed by atoms with van der Waals surface area (Å²) in [5.74, 6) is 2.35. The Kier molecular flexibility index (Phi) is 4.72. The van der Waals surface area contributed by atoms with E-state index < -0.39 is 0 Å². The third-order valence-electron chi connectivity index (χ3n) is 1.69. The zero-order chi connectivity index (χ0) is 10.5. The molecule has 0 aromatic rings. The molecule has 0 aromatic carbocycles. The third kappa shape index (κ3) is 4.10. The third-order valence-corrected chi connectivity index (χ3v) is 1.69.